The lowest BCUT2D eigenvalue weighted by Crippen LogP contribution is -2.37. The van der Waals surface area contributed by atoms with Gasteiger partial charge in [-0.2, -0.15) is 0 Å². The van der Waals surface area contributed by atoms with Crippen molar-refractivity contribution in [3.63, 3.8) is 0 Å². The van der Waals surface area contributed by atoms with E-state index in [0.717, 1.165) is 50.0 Å². The van der Waals surface area contributed by atoms with E-state index in [4.69, 9.17) is 18.9 Å². The highest BCUT2D eigenvalue weighted by atomic mass is 16.7. The van der Waals surface area contributed by atoms with Crippen molar-refractivity contribution in [2.75, 3.05) is 14.2 Å². The van der Waals surface area contributed by atoms with Crippen LogP contribution in [0.1, 0.15) is 84.6 Å². The van der Waals surface area contributed by atoms with E-state index in [1.807, 2.05) is 6.07 Å². The predicted octanol–water partition coefficient (Wildman–Crippen LogP) is 7.41. The van der Waals surface area contributed by atoms with E-state index in [1.165, 1.54) is 36.0 Å². The Labute approximate surface area is 196 Å². The predicted molar refractivity (Wildman–Crippen MR) is 133 cm³/mol. The molecule has 3 atom stereocenters. The normalized spacial score (nSPS) is 21.3. The van der Waals surface area contributed by atoms with E-state index in [9.17, 15) is 0 Å². The molecule has 1 fully saturated rings. The largest absolute Gasteiger partial charge is 0.493 e. The topological polar surface area (TPSA) is 36.9 Å². The van der Waals surface area contributed by atoms with E-state index in [1.54, 1.807) is 14.2 Å². The van der Waals surface area contributed by atoms with E-state index in [2.05, 4.69) is 52.0 Å². The van der Waals surface area contributed by atoms with E-state index in [-0.39, 0.29) is 18.5 Å². The summed E-state index contributed by atoms with van der Waals surface area (Å²) >= 11 is 0. The SMILES string of the molecule is CCCCC[C@@H]1C[C@H](CCc2ccc(OC)c(OC)c2)O[C@H](/C=C(\C)CCC=C(C)C)O1. The second kappa shape index (κ2) is 14.4. The van der Waals surface area contributed by atoms with Crippen LogP contribution < -0.4 is 9.47 Å². The van der Waals surface area contributed by atoms with E-state index >= 15 is 0 Å². The van der Waals surface area contributed by atoms with Crippen molar-refractivity contribution in [3.05, 3.63) is 47.1 Å². The fourth-order valence-corrected chi connectivity index (χ4v) is 4.16. The van der Waals surface area contributed by atoms with Crippen molar-refractivity contribution < 1.29 is 18.9 Å². The molecule has 0 aliphatic carbocycles. The molecule has 2 rings (SSSR count). The molecule has 0 unspecified atom stereocenters. The second-order valence-corrected chi connectivity index (χ2v) is 9.18. The summed E-state index contributed by atoms with van der Waals surface area (Å²) in [5.41, 5.74) is 3.94. The molecule has 1 aromatic rings. The summed E-state index contributed by atoms with van der Waals surface area (Å²) in [6.45, 7) is 8.73. The van der Waals surface area contributed by atoms with Crippen molar-refractivity contribution in [2.45, 2.75) is 104 Å². The first kappa shape index (κ1) is 26.5. The van der Waals surface area contributed by atoms with Gasteiger partial charge in [-0.25, -0.2) is 0 Å². The Morgan fingerprint density at radius 1 is 1.00 bits per heavy atom. The monoisotopic (exact) mass is 444 g/mol. The summed E-state index contributed by atoms with van der Waals surface area (Å²) in [4.78, 5) is 0. The van der Waals surface area contributed by atoms with Crippen LogP contribution in [0.4, 0.5) is 0 Å². The number of allylic oxidation sites excluding steroid dienone is 3. The molecule has 180 valence electrons. The molecule has 1 saturated heterocycles. The highest BCUT2D eigenvalue weighted by Crippen LogP contribution is 2.30. The standard InChI is InChI=1S/C28H44O4/c1-7-8-9-13-24-20-25(16-14-23-15-17-26(29-5)27(19-23)30-6)32-28(31-24)18-22(4)12-10-11-21(2)3/h11,15,17-19,24-25,28H,7-10,12-14,16,20H2,1-6H3/b22-18+/t24-,25+,28-/m1/s1. The lowest BCUT2D eigenvalue weighted by molar-refractivity contribution is -0.222. The zero-order valence-corrected chi connectivity index (χ0v) is 21.1. The number of ether oxygens (including phenoxy) is 4. The number of hydrogen-bond acceptors (Lipinski definition) is 4. The highest BCUT2D eigenvalue weighted by Gasteiger charge is 2.28. The molecule has 32 heavy (non-hydrogen) atoms. The zero-order chi connectivity index (χ0) is 23.3. The Balaban J connectivity index is 2.00. The van der Waals surface area contributed by atoms with Gasteiger partial charge in [0.1, 0.15) is 0 Å². The maximum absolute atomic E-state index is 6.37. The van der Waals surface area contributed by atoms with Gasteiger partial charge in [-0.3, -0.25) is 0 Å². The molecule has 0 N–H and O–H groups in total. The Morgan fingerprint density at radius 3 is 2.38 bits per heavy atom. The molecule has 1 aromatic carbocycles. The summed E-state index contributed by atoms with van der Waals surface area (Å²) in [6.07, 6.45) is 14.6. The molecule has 0 bridgehead atoms. The third-order valence-corrected chi connectivity index (χ3v) is 6.02. The number of unbranched alkanes of at least 4 members (excludes halogenated alkanes) is 2. The first-order valence-electron chi connectivity index (χ1n) is 12.3. The molecule has 0 aromatic heterocycles. The summed E-state index contributed by atoms with van der Waals surface area (Å²) in [7, 11) is 3.35. The molecule has 4 heteroatoms. The van der Waals surface area contributed by atoms with Crippen molar-refractivity contribution in [1.29, 1.82) is 0 Å². The molecule has 0 spiro atoms. The highest BCUT2D eigenvalue weighted by molar-refractivity contribution is 5.42. The van der Waals surface area contributed by atoms with Crippen LogP contribution in [-0.2, 0) is 15.9 Å². The van der Waals surface area contributed by atoms with Crippen LogP contribution in [0.5, 0.6) is 11.5 Å². The molecule has 4 nitrogen and oxygen atoms in total. The minimum absolute atomic E-state index is 0.204. The average molecular weight is 445 g/mol. The lowest BCUT2D eigenvalue weighted by Gasteiger charge is -2.35. The summed E-state index contributed by atoms with van der Waals surface area (Å²) in [5, 5.41) is 0. The molecule has 0 amide bonds. The molecule has 0 saturated carbocycles. The quantitative estimate of drug-likeness (QED) is 0.234. The van der Waals surface area contributed by atoms with Crippen LogP contribution in [0.15, 0.2) is 41.5 Å². The summed E-state index contributed by atoms with van der Waals surface area (Å²) in [6, 6.07) is 6.17. The maximum Gasteiger partial charge on any atom is 0.177 e. The number of benzene rings is 1. The third kappa shape index (κ3) is 9.38. The minimum atomic E-state index is -0.238. The van der Waals surface area contributed by atoms with Gasteiger partial charge in [0.05, 0.1) is 26.4 Å². The van der Waals surface area contributed by atoms with Gasteiger partial charge in [-0.05, 0) is 76.6 Å². The first-order chi connectivity index (χ1) is 15.4. The van der Waals surface area contributed by atoms with E-state index in [0.29, 0.717) is 0 Å². The van der Waals surface area contributed by atoms with Gasteiger partial charge in [-0.15, -0.1) is 0 Å². The average Bonchev–Trinajstić information content (AvgIpc) is 2.77. The van der Waals surface area contributed by atoms with Crippen molar-refractivity contribution in [2.24, 2.45) is 0 Å². The lowest BCUT2D eigenvalue weighted by atomic mass is 9.98. The van der Waals surface area contributed by atoms with E-state index < -0.39 is 0 Å². The number of methoxy groups -OCH3 is 2. The second-order valence-electron chi connectivity index (χ2n) is 9.18. The van der Waals surface area contributed by atoms with Crippen molar-refractivity contribution in [1.82, 2.24) is 0 Å². The summed E-state index contributed by atoms with van der Waals surface area (Å²) < 4.78 is 23.5. The van der Waals surface area contributed by atoms with Gasteiger partial charge in [-0.1, -0.05) is 49.5 Å². The van der Waals surface area contributed by atoms with Crippen LogP contribution in [-0.4, -0.2) is 32.7 Å². The van der Waals surface area contributed by atoms with Crippen molar-refractivity contribution >= 4 is 0 Å². The van der Waals surface area contributed by atoms with Gasteiger partial charge in [0.15, 0.2) is 17.8 Å². The first-order valence-corrected chi connectivity index (χ1v) is 12.3. The van der Waals surface area contributed by atoms with Gasteiger partial charge < -0.3 is 18.9 Å². The molecule has 0 radical (unpaired) electrons. The van der Waals surface area contributed by atoms with Gasteiger partial charge >= 0.3 is 0 Å². The molecular formula is C28H44O4. The van der Waals surface area contributed by atoms with Crippen LogP contribution >= 0.6 is 0 Å². The van der Waals surface area contributed by atoms with Crippen LogP contribution in [0.2, 0.25) is 0 Å². The Morgan fingerprint density at radius 2 is 1.72 bits per heavy atom. The fourth-order valence-electron chi connectivity index (χ4n) is 4.16. The molecule has 1 aliphatic heterocycles. The van der Waals surface area contributed by atoms with Gasteiger partial charge in [0.25, 0.3) is 0 Å². The maximum atomic E-state index is 6.37. The smallest absolute Gasteiger partial charge is 0.177 e. The third-order valence-electron chi connectivity index (χ3n) is 6.02. The Kier molecular flexibility index (Phi) is 11.9. The zero-order valence-electron chi connectivity index (χ0n) is 21.1. The minimum Gasteiger partial charge on any atom is -0.493 e. The Bertz CT molecular complexity index is 733. The fraction of sp³-hybridized carbons (Fsp3) is 0.643. The molecular weight excluding hydrogens is 400 g/mol. The van der Waals surface area contributed by atoms with Crippen LogP contribution in [0.25, 0.3) is 0 Å². The summed E-state index contributed by atoms with van der Waals surface area (Å²) in [5.74, 6) is 1.55. The van der Waals surface area contributed by atoms with Gasteiger partial charge in [0, 0.05) is 6.42 Å². The van der Waals surface area contributed by atoms with Crippen LogP contribution in [0.3, 0.4) is 0 Å². The number of hydrogen-bond donors (Lipinski definition) is 0. The van der Waals surface area contributed by atoms with Gasteiger partial charge in [0.2, 0.25) is 0 Å². The number of rotatable bonds is 13. The Hall–Kier alpha value is -1.78. The number of aryl methyl sites for hydroxylation is 1. The van der Waals surface area contributed by atoms with Crippen LogP contribution in [0, 0.1) is 0 Å². The molecule has 1 heterocycles. The molecule has 1 aliphatic rings. The van der Waals surface area contributed by atoms with Crippen molar-refractivity contribution in [3.8, 4) is 11.5 Å².